The Bertz CT molecular complexity index is 437. The van der Waals surface area contributed by atoms with Gasteiger partial charge in [-0.2, -0.15) is 11.3 Å². The molecule has 2 N–H and O–H groups in total. The van der Waals surface area contributed by atoms with Gasteiger partial charge in [0.25, 0.3) is 0 Å². The summed E-state index contributed by atoms with van der Waals surface area (Å²) in [5.74, 6) is 0.0555. The summed E-state index contributed by atoms with van der Waals surface area (Å²) in [6, 6.07) is 2.04. The highest BCUT2D eigenvalue weighted by Crippen LogP contribution is 2.33. The minimum absolute atomic E-state index is 0.0555. The van der Waals surface area contributed by atoms with Gasteiger partial charge in [-0.05, 0) is 35.2 Å². The summed E-state index contributed by atoms with van der Waals surface area (Å²) < 4.78 is 0. The molecule has 0 bridgehead atoms. The van der Waals surface area contributed by atoms with E-state index in [-0.39, 0.29) is 5.91 Å². The fourth-order valence-corrected chi connectivity index (χ4v) is 3.59. The van der Waals surface area contributed by atoms with Gasteiger partial charge < -0.3 is 10.6 Å². The lowest BCUT2D eigenvalue weighted by atomic mass is 9.77. The van der Waals surface area contributed by atoms with Crippen LogP contribution in [-0.2, 0) is 11.3 Å². The number of nitrogens with zero attached hydrogens (tertiary/aromatic N) is 1. The van der Waals surface area contributed by atoms with Gasteiger partial charge in [0.1, 0.15) is 0 Å². The Kier molecular flexibility index (Phi) is 6.62. The normalized spacial score (nSPS) is 11.3. The largest absolute Gasteiger partial charge is 0.392 e. The van der Waals surface area contributed by atoms with Crippen molar-refractivity contribution in [3.63, 3.8) is 0 Å². The zero-order chi connectivity index (χ0) is 15.2. The van der Waals surface area contributed by atoms with Gasteiger partial charge >= 0.3 is 0 Å². The van der Waals surface area contributed by atoms with Crippen LogP contribution in [0.3, 0.4) is 0 Å². The molecule has 1 aromatic rings. The summed E-state index contributed by atoms with van der Waals surface area (Å²) in [7, 11) is 1.83. The van der Waals surface area contributed by atoms with E-state index in [0.29, 0.717) is 11.5 Å². The highest BCUT2D eigenvalue weighted by Gasteiger charge is 2.41. The average molecular weight is 313 g/mol. The van der Waals surface area contributed by atoms with Crippen LogP contribution in [0, 0.1) is 5.41 Å². The maximum atomic E-state index is 12.9. The SMILES string of the molecule is CCCC(CCC)(C(=O)N(C)Cc1ccsc1)C(N)=S. The number of thiophene rings is 1. The Labute approximate surface area is 131 Å². The molecule has 0 saturated heterocycles. The van der Waals surface area contributed by atoms with Crippen LogP contribution in [0.15, 0.2) is 16.8 Å². The lowest BCUT2D eigenvalue weighted by Crippen LogP contribution is -2.49. The van der Waals surface area contributed by atoms with E-state index in [0.717, 1.165) is 31.2 Å². The van der Waals surface area contributed by atoms with Gasteiger partial charge in [-0.15, -0.1) is 0 Å². The van der Waals surface area contributed by atoms with Gasteiger partial charge in [0.05, 0.1) is 10.4 Å². The first-order valence-electron chi connectivity index (χ1n) is 7.04. The number of amides is 1. The topological polar surface area (TPSA) is 46.3 Å². The molecule has 0 aliphatic heterocycles. The molecule has 0 fully saturated rings. The molecule has 0 aliphatic carbocycles. The second-order valence-electron chi connectivity index (χ2n) is 5.24. The van der Waals surface area contributed by atoms with Gasteiger partial charge in [-0.3, -0.25) is 4.79 Å². The van der Waals surface area contributed by atoms with E-state index in [9.17, 15) is 4.79 Å². The number of hydrogen-bond acceptors (Lipinski definition) is 3. The van der Waals surface area contributed by atoms with E-state index < -0.39 is 5.41 Å². The van der Waals surface area contributed by atoms with Gasteiger partial charge in [0.15, 0.2) is 0 Å². The molecule has 0 saturated carbocycles. The van der Waals surface area contributed by atoms with E-state index in [1.165, 1.54) is 0 Å². The van der Waals surface area contributed by atoms with Crippen LogP contribution in [0.2, 0.25) is 0 Å². The molecule has 1 heterocycles. The minimum Gasteiger partial charge on any atom is -0.392 e. The monoisotopic (exact) mass is 312 g/mol. The van der Waals surface area contributed by atoms with Crippen molar-refractivity contribution in [2.75, 3.05) is 7.05 Å². The maximum Gasteiger partial charge on any atom is 0.235 e. The fourth-order valence-electron chi connectivity index (χ4n) is 2.64. The summed E-state index contributed by atoms with van der Waals surface area (Å²) >= 11 is 6.87. The first kappa shape index (κ1) is 17.1. The van der Waals surface area contributed by atoms with Crippen molar-refractivity contribution < 1.29 is 4.79 Å². The minimum atomic E-state index is -0.677. The third-order valence-corrected chi connectivity index (χ3v) is 4.70. The lowest BCUT2D eigenvalue weighted by Gasteiger charge is -2.35. The predicted octanol–water partition coefficient (Wildman–Crippen LogP) is 3.58. The highest BCUT2D eigenvalue weighted by molar-refractivity contribution is 7.80. The second kappa shape index (κ2) is 7.74. The van der Waals surface area contributed by atoms with Crippen LogP contribution < -0.4 is 5.73 Å². The van der Waals surface area contributed by atoms with E-state index >= 15 is 0 Å². The molecule has 1 amide bonds. The summed E-state index contributed by atoms with van der Waals surface area (Å²) in [4.78, 5) is 15.0. The Balaban J connectivity index is 2.93. The van der Waals surface area contributed by atoms with E-state index in [1.807, 2.05) is 18.5 Å². The third-order valence-electron chi connectivity index (χ3n) is 3.58. The Morgan fingerprint density at radius 3 is 2.40 bits per heavy atom. The van der Waals surface area contributed by atoms with Crippen molar-refractivity contribution in [1.29, 1.82) is 0 Å². The average Bonchev–Trinajstić information content (AvgIpc) is 2.90. The van der Waals surface area contributed by atoms with Crippen molar-refractivity contribution in [2.45, 2.75) is 46.1 Å². The van der Waals surface area contributed by atoms with E-state index in [2.05, 4.69) is 19.2 Å². The molecule has 20 heavy (non-hydrogen) atoms. The second-order valence-corrected chi connectivity index (χ2v) is 6.46. The van der Waals surface area contributed by atoms with Gasteiger partial charge in [0, 0.05) is 13.6 Å². The molecule has 0 spiro atoms. The van der Waals surface area contributed by atoms with Crippen molar-refractivity contribution >= 4 is 34.5 Å². The Morgan fingerprint density at radius 1 is 1.40 bits per heavy atom. The van der Waals surface area contributed by atoms with Crippen molar-refractivity contribution in [3.8, 4) is 0 Å². The van der Waals surface area contributed by atoms with Crippen molar-refractivity contribution in [2.24, 2.45) is 11.1 Å². The van der Waals surface area contributed by atoms with E-state index in [1.54, 1.807) is 16.2 Å². The molecule has 3 nitrogen and oxygen atoms in total. The number of carbonyl (C=O) groups is 1. The molecular weight excluding hydrogens is 288 g/mol. The zero-order valence-electron chi connectivity index (χ0n) is 12.5. The standard InChI is InChI=1S/C15H24N2OS2/c1-4-7-15(8-5-2,13(16)19)14(18)17(3)10-12-6-9-20-11-12/h6,9,11H,4-5,7-8,10H2,1-3H3,(H2,16,19). The number of hydrogen-bond donors (Lipinski definition) is 1. The lowest BCUT2D eigenvalue weighted by molar-refractivity contribution is -0.138. The van der Waals surface area contributed by atoms with E-state index in [4.69, 9.17) is 18.0 Å². The molecule has 1 aromatic heterocycles. The van der Waals surface area contributed by atoms with Crippen molar-refractivity contribution in [3.05, 3.63) is 22.4 Å². The summed E-state index contributed by atoms with van der Waals surface area (Å²) in [5, 5.41) is 4.08. The molecule has 0 aromatic carbocycles. The van der Waals surface area contributed by atoms with Crippen LogP contribution >= 0.6 is 23.6 Å². The summed E-state index contributed by atoms with van der Waals surface area (Å²) in [6.45, 7) is 4.74. The predicted molar refractivity (Wildman–Crippen MR) is 89.8 cm³/mol. The number of rotatable bonds is 8. The number of carbonyl (C=O) groups excluding carboxylic acids is 1. The van der Waals surface area contributed by atoms with Crippen molar-refractivity contribution in [1.82, 2.24) is 4.90 Å². The zero-order valence-corrected chi connectivity index (χ0v) is 14.1. The highest BCUT2D eigenvalue weighted by atomic mass is 32.1. The van der Waals surface area contributed by atoms with Crippen LogP contribution in [0.1, 0.15) is 45.1 Å². The molecule has 0 atom stereocenters. The summed E-state index contributed by atoms with van der Waals surface area (Å²) in [6.07, 6.45) is 3.25. The Morgan fingerprint density at radius 2 is 2.00 bits per heavy atom. The van der Waals surface area contributed by atoms with Crippen LogP contribution in [0.5, 0.6) is 0 Å². The number of nitrogens with two attached hydrogens (primary N) is 1. The van der Waals surface area contributed by atoms with Gasteiger partial charge in [-0.1, -0.05) is 38.9 Å². The molecule has 5 heteroatoms. The molecular formula is C15H24N2OS2. The molecule has 1 rings (SSSR count). The molecule has 0 unspecified atom stereocenters. The van der Waals surface area contributed by atoms with Gasteiger partial charge in [-0.25, -0.2) is 0 Å². The molecule has 0 aliphatic rings. The smallest absolute Gasteiger partial charge is 0.235 e. The van der Waals surface area contributed by atoms with Gasteiger partial charge in [0.2, 0.25) is 5.91 Å². The maximum absolute atomic E-state index is 12.9. The quantitative estimate of drug-likeness (QED) is 0.746. The third kappa shape index (κ3) is 3.79. The first-order chi connectivity index (χ1) is 9.47. The first-order valence-corrected chi connectivity index (χ1v) is 8.39. The number of thiocarbonyl (C=S) groups is 1. The van der Waals surface area contributed by atoms with Crippen LogP contribution in [-0.4, -0.2) is 22.8 Å². The van der Waals surface area contributed by atoms with Crippen LogP contribution in [0.4, 0.5) is 0 Å². The fraction of sp³-hybridized carbons (Fsp3) is 0.600. The summed E-state index contributed by atoms with van der Waals surface area (Å²) in [5.41, 5.74) is 6.41. The Hall–Kier alpha value is -0.940. The molecule has 0 radical (unpaired) electrons. The molecule has 112 valence electrons. The van der Waals surface area contributed by atoms with Crippen LogP contribution in [0.25, 0.3) is 0 Å².